The van der Waals surface area contributed by atoms with Crippen molar-refractivity contribution < 1.29 is 19.4 Å². The van der Waals surface area contributed by atoms with Crippen LogP contribution in [0.15, 0.2) is 30.5 Å². The standard InChI is InChI=1S/C17H20N2O4S/c1-4-9-17(2,16(21)22)19-14(20)13-10-18-15(24-13)11-5-7-12(23-3)8-6-11/h5-8,10H,4,9H2,1-3H3,(H,19,20)(H,21,22). The third kappa shape index (κ3) is 3.91. The molecule has 1 aromatic heterocycles. The highest BCUT2D eigenvalue weighted by Gasteiger charge is 2.34. The van der Waals surface area contributed by atoms with Crippen LogP contribution in [-0.4, -0.2) is 34.6 Å². The van der Waals surface area contributed by atoms with Gasteiger partial charge in [-0.1, -0.05) is 13.3 Å². The number of carbonyl (C=O) groups is 2. The molecule has 0 saturated heterocycles. The van der Waals surface area contributed by atoms with Crippen LogP contribution in [0, 0.1) is 0 Å². The fraction of sp³-hybridized carbons (Fsp3) is 0.353. The monoisotopic (exact) mass is 348 g/mol. The maximum absolute atomic E-state index is 12.4. The van der Waals surface area contributed by atoms with Crippen LogP contribution in [0.1, 0.15) is 36.4 Å². The summed E-state index contributed by atoms with van der Waals surface area (Å²) >= 11 is 1.22. The van der Waals surface area contributed by atoms with E-state index in [1.807, 2.05) is 31.2 Å². The van der Waals surface area contributed by atoms with Gasteiger partial charge in [-0.25, -0.2) is 9.78 Å². The molecule has 128 valence electrons. The number of carbonyl (C=O) groups excluding carboxylic acids is 1. The Morgan fingerprint density at radius 3 is 2.54 bits per heavy atom. The van der Waals surface area contributed by atoms with Gasteiger partial charge in [0.1, 0.15) is 21.2 Å². The number of nitrogens with one attached hydrogen (secondary N) is 1. The van der Waals surface area contributed by atoms with E-state index in [2.05, 4.69) is 10.3 Å². The van der Waals surface area contributed by atoms with Crippen molar-refractivity contribution in [2.45, 2.75) is 32.2 Å². The maximum Gasteiger partial charge on any atom is 0.329 e. The van der Waals surface area contributed by atoms with Gasteiger partial charge in [0.05, 0.1) is 13.3 Å². The van der Waals surface area contributed by atoms with Gasteiger partial charge in [0, 0.05) is 5.56 Å². The van der Waals surface area contributed by atoms with E-state index >= 15 is 0 Å². The van der Waals surface area contributed by atoms with Crippen molar-refractivity contribution in [3.8, 4) is 16.3 Å². The van der Waals surface area contributed by atoms with Crippen LogP contribution >= 0.6 is 11.3 Å². The molecule has 0 saturated carbocycles. The van der Waals surface area contributed by atoms with Crippen molar-refractivity contribution in [3.05, 3.63) is 35.3 Å². The highest BCUT2D eigenvalue weighted by Crippen LogP contribution is 2.27. The molecule has 6 nitrogen and oxygen atoms in total. The number of nitrogens with zero attached hydrogens (tertiary/aromatic N) is 1. The molecule has 1 atom stereocenters. The van der Waals surface area contributed by atoms with Crippen molar-refractivity contribution in [1.29, 1.82) is 0 Å². The van der Waals surface area contributed by atoms with E-state index in [0.29, 0.717) is 22.7 Å². The molecule has 1 unspecified atom stereocenters. The van der Waals surface area contributed by atoms with Gasteiger partial charge in [0.25, 0.3) is 5.91 Å². The third-order valence-corrected chi connectivity index (χ3v) is 4.72. The van der Waals surface area contributed by atoms with Crippen molar-refractivity contribution >= 4 is 23.2 Å². The molecular weight excluding hydrogens is 328 g/mol. The number of thiazole rings is 1. The lowest BCUT2D eigenvalue weighted by Crippen LogP contribution is -2.51. The second-order valence-corrected chi connectivity index (χ2v) is 6.63. The van der Waals surface area contributed by atoms with E-state index in [1.165, 1.54) is 24.5 Å². The van der Waals surface area contributed by atoms with Gasteiger partial charge in [-0.2, -0.15) is 0 Å². The number of benzene rings is 1. The van der Waals surface area contributed by atoms with Gasteiger partial charge >= 0.3 is 5.97 Å². The van der Waals surface area contributed by atoms with Gasteiger partial charge in [-0.05, 0) is 37.6 Å². The minimum atomic E-state index is -1.28. The largest absolute Gasteiger partial charge is 0.497 e. The second kappa shape index (κ2) is 7.44. The number of aromatic nitrogens is 1. The lowest BCUT2D eigenvalue weighted by molar-refractivity contribution is -0.144. The summed E-state index contributed by atoms with van der Waals surface area (Å²) in [5.74, 6) is -0.728. The van der Waals surface area contributed by atoms with E-state index in [-0.39, 0.29) is 0 Å². The SMILES string of the molecule is CCCC(C)(NC(=O)c1cnc(-c2ccc(OC)cc2)s1)C(=O)O. The Balaban J connectivity index is 2.17. The zero-order chi connectivity index (χ0) is 17.7. The fourth-order valence-corrected chi connectivity index (χ4v) is 3.10. The predicted molar refractivity (Wildman–Crippen MR) is 92.5 cm³/mol. The molecule has 0 aliphatic heterocycles. The Bertz CT molecular complexity index is 726. The van der Waals surface area contributed by atoms with Crippen LogP contribution in [0.3, 0.4) is 0 Å². The Kier molecular flexibility index (Phi) is 5.56. The number of hydrogen-bond donors (Lipinski definition) is 2. The van der Waals surface area contributed by atoms with Crippen LogP contribution in [0.4, 0.5) is 0 Å². The molecule has 7 heteroatoms. The van der Waals surface area contributed by atoms with Gasteiger partial charge in [0.2, 0.25) is 0 Å². The van der Waals surface area contributed by atoms with Gasteiger partial charge in [0.15, 0.2) is 0 Å². The van der Waals surface area contributed by atoms with Crippen LogP contribution in [0.2, 0.25) is 0 Å². The summed E-state index contributed by atoms with van der Waals surface area (Å²) < 4.78 is 5.11. The first-order valence-electron chi connectivity index (χ1n) is 7.55. The highest BCUT2D eigenvalue weighted by molar-refractivity contribution is 7.16. The predicted octanol–water partition coefficient (Wildman–Crippen LogP) is 3.19. The first kappa shape index (κ1) is 17.9. The first-order valence-corrected chi connectivity index (χ1v) is 8.37. The Labute approximate surface area is 144 Å². The molecule has 2 aromatic rings. The van der Waals surface area contributed by atoms with Gasteiger partial charge in [-0.3, -0.25) is 4.79 Å². The molecule has 1 aromatic carbocycles. The van der Waals surface area contributed by atoms with Crippen molar-refractivity contribution in [2.24, 2.45) is 0 Å². The van der Waals surface area contributed by atoms with Crippen LogP contribution in [-0.2, 0) is 4.79 Å². The van der Waals surface area contributed by atoms with E-state index in [9.17, 15) is 14.7 Å². The highest BCUT2D eigenvalue weighted by atomic mass is 32.1. The summed E-state index contributed by atoms with van der Waals surface area (Å²) in [6.45, 7) is 3.39. The van der Waals surface area contributed by atoms with Crippen LogP contribution in [0.5, 0.6) is 5.75 Å². The minimum Gasteiger partial charge on any atom is -0.497 e. The van der Waals surface area contributed by atoms with E-state index < -0.39 is 17.4 Å². The third-order valence-electron chi connectivity index (χ3n) is 3.68. The average Bonchev–Trinajstić information content (AvgIpc) is 3.05. The molecule has 0 bridgehead atoms. The summed E-state index contributed by atoms with van der Waals surface area (Å²) in [4.78, 5) is 28.4. The number of methoxy groups -OCH3 is 1. The van der Waals surface area contributed by atoms with E-state index in [1.54, 1.807) is 7.11 Å². The summed E-state index contributed by atoms with van der Waals surface area (Å²) in [5.41, 5.74) is -0.412. The normalized spacial score (nSPS) is 13.1. The molecule has 1 amide bonds. The Morgan fingerprint density at radius 2 is 2.00 bits per heavy atom. The second-order valence-electron chi connectivity index (χ2n) is 5.60. The molecule has 0 fully saturated rings. The zero-order valence-corrected chi connectivity index (χ0v) is 14.6. The average molecular weight is 348 g/mol. The molecule has 0 spiro atoms. The Morgan fingerprint density at radius 1 is 1.33 bits per heavy atom. The number of carboxylic acids is 1. The summed E-state index contributed by atoms with van der Waals surface area (Å²) in [6, 6.07) is 7.36. The number of ether oxygens (including phenoxy) is 1. The Hall–Kier alpha value is -2.41. The molecule has 2 N–H and O–H groups in total. The summed E-state index contributed by atoms with van der Waals surface area (Å²) in [5, 5.41) is 12.6. The molecule has 0 radical (unpaired) electrons. The zero-order valence-electron chi connectivity index (χ0n) is 13.8. The van der Waals surface area contributed by atoms with Crippen LogP contribution < -0.4 is 10.1 Å². The number of aliphatic carboxylic acids is 1. The lowest BCUT2D eigenvalue weighted by Gasteiger charge is -2.25. The van der Waals surface area contributed by atoms with Crippen LogP contribution in [0.25, 0.3) is 10.6 Å². The number of rotatable bonds is 7. The summed E-state index contributed by atoms with van der Waals surface area (Å²) in [7, 11) is 1.59. The topological polar surface area (TPSA) is 88.5 Å². The first-order chi connectivity index (χ1) is 11.4. The molecule has 0 aliphatic carbocycles. The fourth-order valence-electron chi connectivity index (χ4n) is 2.28. The minimum absolute atomic E-state index is 0.359. The summed E-state index contributed by atoms with van der Waals surface area (Å²) in [6.07, 6.45) is 2.48. The number of hydrogen-bond acceptors (Lipinski definition) is 5. The number of carboxylic acid groups (broad SMARTS) is 1. The van der Waals surface area contributed by atoms with E-state index in [0.717, 1.165) is 11.3 Å². The quantitative estimate of drug-likeness (QED) is 0.802. The lowest BCUT2D eigenvalue weighted by atomic mass is 9.96. The molecule has 0 aliphatic rings. The maximum atomic E-state index is 12.4. The van der Waals surface area contributed by atoms with Crippen molar-refractivity contribution in [3.63, 3.8) is 0 Å². The van der Waals surface area contributed by atoms with E-state index in [4.69, 9.17) is 4.74 Å². The van der Waals surface area contributed by atoms with Crippen molar-refractivity contribution in [1.82, 2.24) is 10.3 Å². The smallest absolute Gasteiger partial charge is 0.329 e. The number of amides is 1. The molecule has 1 heterocycles. The van der Waals surface area contributed by atoms with Crippen molar-refractivity contribution in [2.75, 3.05) is 7.11 Å². The van der Waals surface area contributed by atoms with Gasteiger partial charge < -0.3 is 15.2 Å². The molecule has 2 rings (SSSR count). The molecular formula is C17H20N2O4S. The van der Waals surface area contributed by atoms with Gasteiger partial charge in [-0.15, -0.1) is 11.3 Å². The molecule has 24 heavy (non-hydrogen) atoms.